The van der Waals surface area contributed by atoms with Gasteiger partial charge < -0.3 is 5.53 Å². The first-order chi connectivity index (χ1) is 8.83. The molecule has 0 amide bonds. The topological polar surface area (TPSA) is 53.5 Å². The van der Waals surface area contributed by atoms with Crippen LogP contribution >= 0.6 is 0 Å². The van der Waals surface area contributed by atoms with E-state index in [1.54, 1.807) is 0 Å². The maximum atomic E-state index is 12.0. The van der Waals surface area contributed by atoms with Crippen molar-refractivity contribution in [2.45, 2.75) is 5.92 Å². The average Bonchev–Trinajstić information content (AvgIpc) is 2.42. The summed E-state index contributed by atoms with van der Waals surface area (Å²) in [6, 6.07) is 18.9. The molecular formula is C15H12N2O. The lowest BCUT2D eigenvalue weighted by Crippen LogP contribution is -2.15. The summed E-state index contributed by atoms with van der Waals surface area (Å²) in [6.45, 7) is 0. The van der Waals surface area contributed by atoms with Crippen LogP contribution in [0.15, 0.2) is 60.7 Å². The minimum Gasteiger partial charge on any atom is -0.361 e. The molecule has 0 aliphatic rings. The summed E-state index contributed by atoms with van der Waals surface area (Å²) < 4.78 is 0. The van der Waals surface area contributed by atoms with Gasteiger partial charge in [-0.2, -0.15) is 4.79 Å². The molecule has 0 radical (unpaired) electrons. The molecule has 0 unspecified atom stereocenters. The second-order valence-electron chi connectivity index (χ2n) is 3.90. The molecule has 2 aromatic carbocycles. The number of hydrogen-bond acceptors (Lipinski definition) is 1. The van der Waals surface area contributed by atoms with Gasteiger partial charge in [0.25, 0.3) is 0 Å². The molecule has 88 valence electrons. The Morgan fingerprint density at radius 2 is 1.39 bits per heavy atom. The molecule has 0 N–H and O–H groups in total. The summed E-state index contributed by atoms with van der Waals surface area (Å²) in [5.74, 6) is -0.668. The molecule has 18 heavy (non-hydrogen) atoms. The number of carbonyl (C=O) groups is 1. The fraction of sp³-hybridized carbons (Fsp3) is 0.0667. The SMILES string of the molecule is [N-]=[N+]=CC(=O)C(c1ccccc1)c1ccccc1. The highest BCUT2D eigenvalue weighted by Crippen LogP contribution is 2.24. The van der Waals surface area contributed by atoms with Gasteiger partial charge in [-0.05, 0) is 11.1 Å². The largest absolute Gasteiger partial charge is 0.361 e. The standard InChI is InChI=1S/C15H12N2O/c16-17-11-14(18)15(12-7-3-1-4-8-12)13-9-5-2-6-10-13/h1-11,15H. The van der Waals surface area contributed by atoms with E-state index in [1.807, 2.05) is 60.7 Å². The predicted octanol–water partition coefficient (Wildman–Crippen LogP) is 2.69. The second kappa shape index (κ2) is 5.71. The van der Waals surface area contributed by atoms with E-state index in [-0.39, 0.29) is 5.78 Å². The first-order valence-corrected chi connectivity index (χ1v) is 5.64. The van der Waals surface area contributed by atoms with Gasteiger partial charge in [-0.1, -0.05) is 60.7 Å². The molecular weight excluding hydrogens is 224 g/mol. The maximum Gasteiger partial charge on any atom is 0.324 e. The summed E-state index contributed by atoms with van der Waals surface area (Å²) in [7, 11) is 0. The molecule has 0 spiro atoms. The zero-order valence-electron chi connectivity index (χ0n) is 9.73. The number of hydrogen-bond donors (Lipinski definition) is 0. The molecule has 0 fully saturated rings. The van der Waals surface area contributed by atoms with Gasteiger partial charge in [-0.15, -0.1) is 0 Å². The Kier molecular flexibility index (Phi) is 3.79. The normalized spacial score (nSPS) is 9.83. The van der Waals surface area contributed by atoms with Crippen molar-refractivity contribution in [3.8, 4) is 0 Å². The van der Waals surface area contributed by atoms with Crippen molar-refractivity contribution in [1.29, 1.82) is 0 Å². The van der Waals surface area contributed by atoms with Crippen LogP contribution in [0.2, 0.25) is 0 Å². The third-order valence-electron chi connectivity index (χ3n) is 2.74. The Morgan fingerprint density at radius 3 is 1.78 bits per heavy atom. The molecule has 0 atom stereocenters. The second-order valence-corrected chi connectivity index (χ2v) is 3.90. The van der Waals surface area contributed by atoms with Crippen LogP contribution in [0.4, 0.5) is 0 Å². The van der Waals surface area contributed by atoms with E-state index in [0.29, 0.717) is 0 Å². The average molecular weight is 236 g/mol. The number of carbonyl (C=O) groups excluding carboxylic acids is 1. The van der Waals surface area contributed by atoms with Crippen LogP contribution in [-0.4, -0.2) is 16.8 Å². The molecule has 3 nitrogen and oxygen atoms in total. The number of Topliss-reactive ketones (excluding diaryl/α,β-unsaturated/α-hetero) is 1. The van der Waals surface area contributed by atoms with E-state index in [9.17, 15) is 4.79 Å². The van der Waals surface area contributed by atoms with Gasteiger partial charge in [0.1, 0.15) is 0 Å². The Bertz CT molecular complexity index is 532. The van der Waals surface area contributed by atoms with Crippen molar-refractivity contribution >= 4 is 12.0 Å². The van der Waals surface area contributed by atoms with Gasteiger partial charge in [-0.25, -0.2) is 0 Å². The van der Waals surface area contributed by atoms with E-state index < -0.39 is 5.92 Å². The molecule has 0 aliphatic heterocycles. The lowest BCUT2D eigenvalue weighted by atomic mass is 9.88. The van der Waals surface area contributed by atoms with E-state index in [0.717, 1.165) is 17.3 Å². The minimum absolute atomic E-state index is 0.241. The summed E-state index contributed by atoms with van der Waals surface area (Å²) in [6.07, 6.45) is 0.949. The molecule has 0 bridgehead atoms. The highest BCUT2D eigenvalue weighted by molar-refractivity contribution is 6.28. The van der Waals surface area contributed by atoms with Gasteiger partial charge in [0.05, 0.1) is 5.92 Å². The zero-order chi connectivity index (χ0) is 12.8. The van der Waals surface area contributed by atoms with Crippen LogP contribution < -0.4 is 0 Å². The molecule has 0 aromatic heterocycles. The summed E-state index contributed by atoms with van der Waals surface area (Å²) in [5.41, 5.74) is 10.3. The van der Waals surface area contributed by atoms with Gasteiger partial charge in [-0.3, -0.25) is 4.79 Å². The van der Waals surface area contributed by atoms with Crippen LogP contribution in [0.25, 0.3) is 5.53 Å². The van der Waals surface area contributed by atoms with Gasteiger partial charge in [0.15, 0.2) is 0 Å². The van der Waals surface area contributed by atoms with Gasteiger partial charge in [0, 0.05) is 0 Å². The smallest absolute Gasteiger partial charge is 0.324 e. The summed E-state index contributed by atoms with van der Waals surface area (Å²) in [4.78, 5) is 14.9. The Morgan fingerprint density at radius 1 is 0.944 bits per heavy atom. The number of benzene rings is 2. The lowest BCUT2D eigenvalue weighted by Gasteiger charge is -2.12. The van der Waals surface area contributed by atoms with Crippen molar-refractivity contribution in [2.24, 2.45) is 0 Å². The molecule has 2 rings (SSSR count). The van der Waals surface area contributed by atoms with Crippen molar-refractivity contribution < 1.29 is 9.58 Å². The predicted molar refractivity (Wildman–Crippen MR) is 69.4 cm³/mol. The first kappa shape index (κ1) is 12.0. The van der Waals surface area contributed by atoms with Gasteiger partial charge in [0.2, 0.25) is 5.78 Å². The van der Waals surface area contributed by atoms with E-state index in [4.69, 9.17) is 5.53 Å². The minimum atomic E-state index is -0.428. The third kappa shape index (κ3) is 2.59. The molecule has 3 heteroatoms. The van der Waals surface area contributed by atoms with Gasteiger partial charge >= 0.3 is 6.21 Å². The first-order valence-electron chi connectivity index (χ1n) is 5.64. The highest BCUT2D eigenvalue weighted by Gasteiger charge is 2.23. The molecule has 0 saturated heterocycles. The van der Waals surface area contributed by atoms with Crippen molar-refractivity contribution in [3.63, 3.8) is 0 Å². The van der Waals surface area contributed by atoms with E-state index >= 15 is 0 Å². The van der Waals surface area contributed by atoms with E-state index in [2.05, 4.69) is 4.79 Å². The van der Waals surface area contributed by atoms with Crippen LogP contribution in [0.5, 0.6) is 0 Å². The summed E-state index contributed by atoms with van der Waals surface area (Å²) in [5, 5.41) is 0. The number of nitrogens with zero attached hydrogens (tertiary/aromatic N) is 2. The van der Waals surface area contributed by atoms with Crippen molar-refractivity contribution in [3.05, 3.63) is 77.3 Å². The van der Waals surface area contributed by atoms with Crippen LogP contribution in [0.1, 0.15) is 17.0 Å². The monoisotopic (exact) mass is 236 g/mol. The Balaban J connectivity index is 2.48. The van der Waals surface area contributed by atoms with Crippen molar-refractivity contribution in [1.82, 2.24) is 0 Å². The fourth-order valence-corrected chi connectivity index (χ4v) is 1.94. The van der Waals surface area contributed by atoms with Crippen LogP contribution in [0, 0.1) is 0 Å². The highest BCUT2D eigenvalue weighted by atomic mass is 16.1. The summed E-state index contributed by atoms with van der Waals surface area (Å²) >= 11 is 0. The molecule has 0 heterocycles. The molecule has 0 saturated carbocycles. The van der Waals surface area contributed by atoms with Crippen molar-refractivity contribution in [2.75, 3.05) is 0 Å². The van der Waals surface area contributed by atoms with E-state index in [1.165, 1.54) is 0 Å². The lowest BCUT2D eigenvalue weighted by molar-refractivity contribution is -0.116. The quantitative estimate of drug-likeness (QED) is 0.457. The fourth-order valence-electron chi connectivity index (χ4n) is 1.94. The van der Waals surface area contributed by atoms with Crippen LogP contribution in [-0.2, 0) is 4.79 Å². The zero-order valence-corrected chi connectivity index (χ0v) is 9.73. The number of ketones is 1. The Hall–Kier alpha value is -2.51. The molecule has 2 aromatic rings. The number of rotatable bonds is 4. The molecule has 0 aliphatic carbocycles. The van der Waals surface area contributed by atoms with Crippen LogP contribution in [0.3, 0.4) is 0 Å². The Labute approximate surface area is 105 Å². The maximum absolute atomic E-state index is 12.0. The third-order valence-corrected chi connectivity index (χ3v) is 2.74.